The predicted octanol–water partition coefficient (Wildman–Crippen LogP) is 8.49. The van der Waals surface area contributed by atoms with Crippen LogP contribution in [0.5, 0.6) is 5.75 Å². The average molecular weight is 851 g/mol. The Morgan fingerprint density at radius 2 is 1.72 bits per heavy atom. The molecule has 0 unspecified atom stereocenters. The van der Waals surface area contributed by atoms with Crippen LogP contribution in [0, 0.1) is 24.3 Å². The van der Waals surface area contributed by atoms with Crippen molar-refractivity contribution in [2.45, 2.75) is 122 Å². The van der Waals surface area contributed by atoms with Crippen LogP contribution < -0.4 is 15.3 Å². The molecule has 60 heavy (non-hydrogen) atoms. The van der Waals surface area contributed by atoms with E-state index in [1.54, 1.807) is 30.3 Å². The zero-order chi connectivity index (χ0) is 43.1. The molecular formula is C43H56FN6O9P. The smallest absolute Gasteiger partial charge is 0.464 e. The number of hydrogen-bond acceptors (Lipinski definition) is 13. The van der Waals surface area contributed by atoms with E-state index in [2.05, 4.69) is 26.0 Å². The first-order chi connectivity index (χ1) is 28.9. The molecule has 1 aliphatic heterocycles. The number of carbonyl (C=O) groups excluding carboxylic acids is 2. The summed E-state index contributed by atoms with van der Waals surface area (Å²) in [5, 5.41) is 2.84. The molecule has 3 N–H and O–H groups in total. The second-order valence-electron chi connectivity index (χ2n) is 14.8. The number of ether oxygens (including phenoxy) is 4. The lowest BCUT2D eigenvalue weighted by atomic mass is 9.99. The van der Waals surface area contributed by atoms with Gasteiger partial charge < -0.3 is 29.2 Å². The molecule has 0 spiro atoms. The molecule has 0 amide bonds. The van der Waals surface area contributed by atoms with E-state index in [0.717, 1.165) is 44.1 Å². The molecule has 2 aromatic heterocycles. The minimum Gasteiger partial charge on any atom is -0.464 e. The highest BCUT2D eigenvalue weighted by Gasteiger charge is 2.54. The molecule has 1 fully saturated rings. The molecule has 3 heterocycles. The first-order valence-corrected chi connectivity index (χ1v) is 22.1. The van der Waals surface area contributed by atoms with Gasteiger partial charge in [0, 0.05) is 6.42 Å². The van der Waals surface area contributed by atoms with Gasteiger partial charge >= 0.3 is 25.9 Å². The maximum atomic E-state index is 15.1. The highest BCUT2D eigenvalue weighted by molar-refractivity contribution is 7.52. The van der Waals surface area contributed by atoms with Gasteiger partial charge in [-0.2, -0.15) is 19.4 Å². The number of nitrogens with two attached hydrogens (primary N) is 1. The highest BCUT2D eigenvalue weighted by atomic mass is 31.2. The number of hydrogen-bond donors (Lipinski definition) is 2. The van der Waals surface area contributed by atoms with E-state index in [4.69, 9.17) is 40.2 Å². The molecule has 0 aliphatic carbocycles. The van der Waals surface area contributed by atoms with Crippen LogP contribution >= 0.6 is 7.75 Å². The topological polar surface area (TPSA) is 188 Å². The van der Waals surface area contributed by atoms with Crippen LogP contribution in [0.15, 0.2) is 67.0 Å². The van der Waals surface area contributed by atoms with E-state index in [-0.39, 0.29) is 48.1 Å². The number of halogens is 1. The number of aromatic nitrogens is 4. The van der Waals surface area contributed by atoms with Crippen molar-refractivity contribution in [1.29, 1.82) is 0 Å². The van der Waals surface area contributed by atoms with E-state index in [1.165, 1.54) is 10.9 Å². The van der Waals surface area contributed by atoms with Gasteiger partial charge in [-0.05, 0) is 42.9 Å². The number of rotatable bonds is 23. The molecule has 2 aromatic carbocycles. The minimum atomic E-state index is -4.60. The molecule has 5 rings (SSSR count). The number of benzene rings is 2. The average Bonchev–Trinajstić information content (AvgIpc) is 3.83. The number of carbonyl (C=O) groups is 2. The van der Waals surface area contributed by atoms with E-state index in [0.29, 0.717) is 12.8 Å². The number of nitrogens with zero attached hydrogens (tertiary/aromatic N) is 4. The number of para-hydroxylation sites is 1. The Hall–Kier alpha value is -5.07. The molecule has 324 valence electrons. The third-order valence-corrected chi connectivity index (χ3v) is 12.0. The second-order valence-corrected chi connectivity index (χ2v) is 16.5. The third kappa shape index (κ3) is 12.3. The van der Waals surface area contributed by atoms with Crippen molar-refractivity contribution in [2.75, 3.05) is 18.9 Å². The second kappa shape index (κ2) is 22.0. The summed E-state index contributed by atoms with van der Waals surface area (Å²) in [6.07, 6.45) is 9.03. The van der Waals surface area contributed by atoms with Crippen LogP contribution in [-0.2, 0) is 39.3 Å². The van der Waals surface area contributed by atoms with Crippen molar-refractivity contribution in [2.24, 2.45) is 5.92 Å². The van der Waals surface area contributed by atoms with Gasteiger partial charge in [-0.25, -0.2) is 14.3 Å². The zero-order valence-electron chi connectivity index (χ0n) is 34.7. The number of imidazole rings is 1. The summed E-state index contributed by atoms with van der Waals surface area (Å²) in [4.78, 5) is 39.1. The lowest BCUT2D eigenvalue weighted by Crippen LogP contribution is -2.46. The number of unbranched alkanes of at least 4 members (excludes halogenated alkanes) is 2. The van der Waals surface area contributed by atoms with Gasteiger partial charge in [-0.1, -0.05) is 121 Å². The fourth-order valence-corrected chi connectivity index (χ4v) is 8.33. The lowest BCUT2D eigenvalue weighted by Gasteiger charge is -2.31. The molecule has 17 heteroatoms. The molecular weight excluding hydrogens is 794 g/mol. The maximum Gasteiger partial charge on any atom is 0.508 e. The van der Waals surface area contributed by atoms with Gasteiger partial charge in [-0.3, -0.25) is 13.9 Å². The fraction of sp³-hybridized carbons (Fsp3) is 0.512. The standard InChI is InChI=1S/C43H56FN6O9P/c1-6-11-21-32(22-12-7-2)56-42(52)57-35-26-36(50-29-46-37-38(45)47-41(44)48-39(37)50)58-43(35,10-5)28-55-60(53,59-33-23-17-14-18-24-33)49-34(25-31-19-15-13-16-20-31)40(51)54-27-30(8-3)9-4/h5,13-20,23-24,29-30,32,34-36H,6-9,11-12,21-22,25-28H2,1-4H3,(H,49,53)(H2,45,47,48)/t34-,35-,36+,43+,60-/m0/s1. The summed E-state index contributed by atoms with van der Waals surface area (Å²) >= 11 is 0. The molecule has 15 nitrogen and oxygen atoms in total. The van der Waals surface area contributed by atoms with Crippen LogP contribution in [0.3, 0.4) is 0 Å². The summed E-state index contributed by atoms with van der Waals surface area (Å²) in [7, 11) is -4.60. The summed E-state index contributed by atoms with van der Waals surface area (Å²) in [5.74, 6) is 1.99. The number of nitrogen functional groups attached to an aromatic ring is 1. The van der Waals surface area contributed by atoms with Crippen LogP contribution in [0.2, 0.25) is 0 Å². The summed E-state index contributed by atoms with van der Waals surface area (Å²) in [6.45, 7) is 7.59. The van der Waals surface area contributed by atoms with Crippen LogP contribution in [0.1, 0.15) is 97.3 Å². The Morgan fingerprint density at radius 3 is 2.35 bits per heavy atom. The van der Waals surface area contributed by atoms with Crippen molar-refractivity contribution in [3.05, 3.63) is 78.6 Å². The summed E-state index contributed by atoms with van der Waals surface area (Å²) in [6, 6.07) is 16.2. The molecule has 5 atom stereocenters. The third-order valence-electron chi connectivity index (χ3n) is 10.4. The summed E-state index contributed by atoms with van der Waals surface area (Å²) in [5.41, 5.74) is 4.83. The lowest BCUT2D eigenvalue weighted by molar-refractivity contribution is -0.147. The molecule has 1 aliphatic rings. The van der Waals surface area contributed by atoms with Crippen molar-refractivity contribution in [3.8, 4) is 18.1 Å². The number of terminal acetylenes is 1. The van der Waals surface area contributed by atoms with E-state index < -0.39 is 62.6 Å². The monoisotopic (exact) mass is 850 g/mol. The number of nitrogens with one attached hydrogen (secondary N) is 1. The Morgan fingerprint density at radius 1 is 1.05 bits per heavy atom. The fourth-order valence-electron chi connectivity index (χ4n) is 6.82. The van der Waals surface area contributed by atoms with Crippen LogP contribution in [-0.4, -0.2) is 68.7 Å². The van der Waals surface area contributed by atoms with Crippen LogP contribution in [0.25, 0.3) is 11.2 Å². The van der Waals surface area contributed by atoms with E-state index in [1.807, 2.05) is 58.0 Å². The Labute approximate surface area is 350 Å². The van der Waals surface area contributed by atoms with Gasteiger partial charge in [0.25, 0.3) is 0 Å². The van der Waals surface area contributed by atoms with Gasteiger partial charge in [0.05, 0.1) is 12.9 Å². The van der Waals surface area contributed by atoms with E-state index >= 15 is 4.57 Å². The largest absolute Gasteiger partial charge is 0.508 e. The highest BCUT2D eigenvalue weighted by Crippen LogP contribution is 2.49. The van der Waals surface area contributed by atoms with Gasteiger partial charge in [0.15, 0.2) is 28.7 Å². The molecule has 1 saturated heterocycles. The Bertz CT molecular complexity index is 2080. The van der Waals surface area contributed by atoms with Crippen molar-refractivity contribution >= 4 is 36.9 Å². The number of esters is 1. The quantitative estimate of drug-likeness (QED) is 0.0313. The number of anilines is 1. The summed E-state index contributed by atoms with van der Waals surface area (Å²) < 4.78 is 67.1. The van der Waals surface area contributed by atoms with E-state index in [9.17, 15) is 14.0 Å². The Balaban J connectivity index is 1.49. The minimum absolute atomic E-state index is 0.00494. The SMILES string of the molecule is C#C[C@]1(CO[P@@](=O)(N[C@@H](Cc2ccccc2)C(=O)OCC(CC)CC)Oc2ccccc2)O[C@@H](n2cnc3c(N)nc(F)nc32)C[C@@H]1OC(=O)OC(CCCC)CCCC. The predicted molar refractivity (Wildman–Crippen MR) is 223 cm³/mol. The maximum absolute atomic E-state index is 15.1. The first kappa shape index (κ1) is 46.0. The van der Waals surface area contributed by atoms with Gasteiger partial charge in [0.2, 0.25) is 0 Å². The molecule has 0 saturated carbocycles. The van der Waals surface area contributed by atoms with Crippen molar-refractivity contribution < 1.29 is 46.5 Å². The first-order valence-electron chi connectivity index (χ1n) is 20.6. The molecule has 0 bridgehead atoms. The Kier molecular flexibility index (Phi) is 16.8. The number of fused-ring (bicyclic) bond motifs is 1. The van der Waals surface area contributed by atoms with Gasteiger partial charge in [0.1, 0.15) is 30.7 Å². The van der Waals surface area contributed by atoms with Crippen molar-refractivity contribution in [3.63, 3.8) is 0 Å². The normalized spacial score (nSPS) is 19.2. The van der Waals surface area contributed by atoms with Gasteiger partial charge in [-0.15, -0.1) is 6.42 Å². The van der Waals surface area contributed by atoms with Crippen LogP contribution in [0.4, 0.5) is 15.0 Å². The molecule has 0 radical (unpaired) electrons. The molecule has 4 aromatic rings. The zero-order valence-corrected chi connectivity index (χ0v) is 35.6. The van der Waals surface area contributed by atoms with Crippen molar-refractivity contribution in [1.82, 2.24) is 24.6 Å².